The number of Topliss-reactive ketones (excluding diaryl/α,β-unsaturated/α-hetero) is 1. The minimum absolute atomic E-state index is 0.0732. The van der Waals surface area contributed by atoms with Crippen LogP contribution < -0.4 is 4.90 Å². The molecule has 1 atom stereocenters. The SMILES string of the molecule is CC(=O)C1=C(O)C(=O)N(c2ccc(F)cc2)[C@@H]1c1ccc(F)cc1. The zero-order valence-electron chi connectivity index (χ0n) is 12.7. The fraction of sp³-hybridized carbons (Fsp3) is 0.111. The normalized spacial score (nSPS) is 17.5. The van der Waals surface area contributed by atoms with Gasteiger partial charge in [-0.15, -0.1) is 0 Å². The zero-order valence-corrected chi connectivity index (χ0v) is 12.7. The summed E-state index contributed by atoms with van der Waals surface area (Å²) in [7, 11) is 0. The number of rotatable bonds is 3. The predicted octanol–water partition coefficient (Wildman–Crippen LogP) is 3.45. The van der Waals surface area contributed by atoms with Crippen LogP contribution in [0.4, 0.5) is 14.5 Å². The van der Waals surface area contributed by atoms with Crippen LogP contribution in [0.1, 0.15) is 18.5 Å². The lowest BCUT2D eigenvalue weighted by molar-refractivity contribution is -0.117. The van der Waals surface area contributed by atoms with Crippen LogP contribution in [0.5, 0.6) is 0 Å². The van der Waals surface area contributed by atoms with Crippen LogP contribution in [0.15, 0.2) is 59.9 Å². The first kappa shape index (κ1) is 15.9. The Labute approximate surface area is 136 Å². The van der Waals surface area contributed by atoms with Gasteiger partial charge in [0.15, 0.2) is 11.5 Å². The molecule has 1 N–H and O–H groups in total. The van der Waals surface area contributed by atoms with E-state index in [9.17, 15) is 23.5 Å². The number of ketones is 1. The molecule has 6 heteroatoms. The van der Waals surface area contributed by atoms with Crippen LogP contribution in [0.2, 0.25) is 0 Å². The molecule has 1 heterocycles. The lowest BCUT2D eigenvalue weighted by Crippen LogP contribution is -2.30. The largest absolute Gasteiger partial charge is 0.503 e. The van der Waals surface area contributed by atoms with Crippen LogP contribution >= 0.6 is 0 Å². The molecule has 1 aliphatic rings. The number of anilines is 1. The van der Waals surface area contributed by atoms with E-state index < -0.39 is 35.1 Å². The minimum Gasteiger partial charge on any atom is -0.503 e. The summed E-state index contributed by atoms with van der Waals surface area (Å²) in [5.41, 5.74) is 0.706. The molecule has 0 saturated carbocycles. The Balaban J connectivity index is 2.16. The topological polar surface area (TPSA) is 57.6 Å². The molecule has 122 valence electrons. The van der Waals surface area contributed by atoms with Crippen molar-refractivity contribution in [3.63, 3.8) is 0 Å². The van der Waals surface area contributed by atoms with E-state index in [0.717, 1.165) is 0 Å². The van der Waals surface area contributed by atoms with Crippen LogP contribution in [-0.2, 0) is 9.59 Å². The molecule has 0 fully saturated rings. The summed E-state index contributed by atoms with van der Waals surface area (Å²) >= 11 is 0. The van der Waals surface area contributed by atoms with Gasteiger partial charge in [-0.05, 0) is 48.9 Å². The second-order valence-electron chi connectivity index (χ2n) is 5.42. The molecule has 1 aliphatic heterocycles. The Morgan fingerprint density at radius 3 is 2.00 bits per heavy atom. The summed E-state index contributed by atoms with van der Waals surface area (Å²) in [6, 6.07) is 9.48. The van der Waals surface area contributed by atoms with E-state index in [4.69, 9.17) is 0 Å². The molecular weight excluding hydrogens is 316 g/mol. The van der Waals surface area contributed by atoms with Crippen molar-refractivity contribution in [3.05, 3.63) is 77.1 Å². The van der Waals surface area contributed by atoms with E-state index in [-0.39, 0.29) is 5.57 Å². The maximum absolute atomic E-state index is 13.2. The number of carbonyl (C=O) groups excluding carboxylic acids is 2. The second-order valence-corrected chi connectivity index (χ2v) is 5.42. The van der Waals surface area contributed by atoms with Crippen molar-refractivity contribution in [1.82, 2.24) is 0 Å². The van der Waals surface area contributed by atoms with Gasteiger partial charge < -0.3 is 5.11 Å². The first-order valence-corrected chi connectivity index (χ1v) is 7.19. The van der Waals surface area contributed by atoms with Gasteiger partial charge in [-0.25, -0.2) is 8.78 Å². The highest BCUT2D eigenvalue weighted by molar-refractivity contribution is 6.16. The van der Waals surface area contributed by atoms with Crippen molar-refractivity contribution in [1.29, 1.82) is 0 Å². The first-order chi connectivity index (χ1) is 11.4. The number of halogens is 2. The van der Waals surface area contributed by atoms with Crippen molar-refractivity contribution in [3.8, 4) is 0 Å². The van der Waals surface area contributed by atoms with Crippen LogP contribution in [0, 0.1) is 11.6 Å². The van der Waals surface area contributed by atoms with Gasteiger partial charge in [-0.1, -0.05) is 12.1 Å². The first-order valence-electron chi connectivity index (χ1n) is 7.19. The summed E-state index contributed by atoms with van der Waals surface area (Å²) in [6.45, 7) is 1.24. The highest BCUT2D eigenvalue weighted by Crippen LogP contribution is 2.40. The van der Waals surface area contributed by atoms with Crippen molar-refractivity contribution in [2.75, 3.05) is 4.90 Å². The lowest BCUT2D eigenvalue weighted by atomic mass is 9.96. The molecule has 0 saturated heterocycles. The van der Waals surface area contributed by atoms with Gasteiger partial charge in [0.1, 0.15) is 11.6 Å². The third kappa shape index (κ3) is 2.56. The number of aliphatic hydroxyl groups excluding tert-OH is 1. The fourth-order valence-electron chi connectivity index (χ4n) is 2.79. The van der Waals surface area contributed by atoms with Crippen LogP contribution in [0.3, 0.4) is 0 Å². The fourth-order valence-corrected chi connectivity index (χ4v) is 2.79. The van der Waals surface area contributed by atoms with Crippen LogP contribution in [-0.4, -0.2) is 16.8 Å². The Kier molecular flexibility index (Phi) is 3.89. The summed E-state index contributed by atoms with van der Waals surface area (Å²) < 4.78 is 26.4. The van der Waals surface area contributed by atoms with Gasteiger partial charge in [0.25, 0.3) is 5.91 Å². The number of hydrogen-bond donors (Lipinski definition) is 1. The molecule has 0 aromatic heterocycles. The Bertz CT molecular complexity index is 842. The smallest absolute Gasteiger partial charge is 0.294 e. The number of aliphatic hydroxyl groups is 1. The molecule has 0 aliphatic carbocycles. The highest BCUT2D eigenvalue weighted by atomic mass is 19.1. The number of benzene rings is 2. The Hall–Kier alpha value is -3.02. The summed E-state index contributed by atoms with van der Waals surface area (Å²) in [6.07, 6.45) is 0. The molecule has 1 amide bonds. The summed E-state index contributed by atoms with van der Waals surface area (Å²) in [4.78, 5) is 25.6. The van der Waals surface area contributed by atoms with Gasteiger partial charge in [0, 0.05) is 5.69 Å². The molecule has 0 radical (unpaired) electrons. The molecule has 2 aromatic carbocycles. The van der Waals surface area contributed by atoms with Crippen LogP contribution in [0.25, 0.3) is 0 Å². The van der Waals surface area contributed by atoms with Crippen molar-refractivity contribution < 1.29 is 23.5 Å². The number of carbonyl (C=O) groups is 2. The van der Waals surface area contributed by atoms with E-state index >= 15 is 0 Å². The second kappa shape index (κ2) is 5.88. The molecule has 0 unspecified atom stereocenters. The number of amides is 1. The van der Waals surface area contributed by atoms with Gasteiger partial charge in [0.05, 0.1) is 11.6 Å². The van der Waals surface area contributed by atoms with Crippen molar-refractivity contribution >= 4 is 17.4 Å². The average molecular weight is 329 g/mol. The maximum atomic E-state index is 13.2. The Morgan fingerprint density at radius 1 is 1.00 bits per heavy atom. The van der Waals surface area contributed by atoms with E-state index in [0.29, 0.717) is 11.3 Å². The summed E-state index contributed by atoms with van der Waals surface area (Å²) in [5, 5.41) is 10.1. The molecule has 2 aromatic rings. The van der Waals surface area contributed by atoms with E-state index in [1.165, 1.54) is 60.4 Å². The predicted molar refractivity (Wildman–Crippen MR) is 83.4 cm³/mol. The van der Waals surface area contributed by atoms with Gasteiger partial charge in [-0.2, -0.15) is 0 Å². The number of nitrogens with zero attached hydrogens (tertiary/aromatic N) is 1. The van der Waals surface area contributed by atoms with Gasteiger partial charge in [-0.3, -0.25) is 14.5 Å². The third-order valence-corrected chi connectivity index (χ3v) is 3.88. The standard InChI is InChI=1S/C18H13F2NO3/c1-10(22)15-16(11-2-4-12(19)5-3-11)21(18(24)17(15)23)14-8-6-13(20)7-9-14/h2-9,16,23H,1H3/t16-/m1/s1. The lowest BCUT2D eigenvalue weighted by Gasteiger charge is -2.26. The van der Waals surface area contributed by atoms with Gasteiger partial charge >= 0.3 is 0 Å². The van der Waals surface area contributed by atoms with Crippen molar-refractivity contribution in [2.45, 2.75) is 13.0 Å². The molecule has 3 rings (SSSR count). The minimum atomic E-state index is -0.902. The van der Waals surface area contributed by atoms with E-state index in [2.05, 4.69) is 0 Å². The Morgan fingerprint density at radius 2 is 1.50 bits per heavy atom. The third-order valence-electron chi connectivity index (χ3n) is 3.88. The number of hydrogen-bond acceptors (Lipinski definition) is 3. The zero-order chi connectivity index (χ0) is 17.4. The summed E-state index contributed by atoms with van der Waals surface area (Å²) in [5.74, 6) is -2.83. The molecule has 0 spiro atoms. The van der Waals surface area contributed by atoms with E-state index in [1.807, 2.05) is 0 Å². The maximum Gasteiger partial charge on any atom is 0.294 e. The van der Waals surface area contributed by atoms with Crippen molar-refractivity contribution in [2.24, 2.45) is 0 Å². The average Bonchev–Trinajstić information content (AvgIpc) is 2.81. The quantitative estimate of drug-likeness (QED) is 0.938. The molecule has 0 bridgehead atoms. The molecule has 24 heavy (non-hydrogen) atoms. The molecule has 4 nitrogen and oxygen atoms in total. The van der Waals surface area contributed by atoms with E-state index in [1.54, 1.807) is 0 Å². The molecular formula is C18H13F2NO3. The highest BCUT2D eigenvalue weighted by Gasteiger charge is 2.43. The van der Waals surface area contributed by atoms with Gasteiger partial charge in [0.2, 0.25) is 0 Å². The monoisotopic (exact) mass is 329 g/mol.